The highest BCUT2D eigenvalue weighted by Crippen LogP contribution is 2.21. The third-order valence-corrected chi connectivity index (χ3v) is 3.01. The Morgan fingerprint density at radius 2 is 2.21 bits per heavy atom. The van der Waals surface area contributed by atoms with Gasteiger partial charge in [-0.05, 0) is 29.3 Å². The molecule has 0 radical (unpaired) electrons. The van der Waals surface area contributed by atoms with Crippen LogP contribution in [0, 0.1) is 0 Å². The maximum Gasteiger partial charge on any atom is 0.328 e. The van der Waals surface area contributed by atoms with Gasteiger partial charge in [0.1, 0.15) is 0 Å². The molecular formula is C10H8Br2O2. The summed E-state index contributed by atoms with van der Waals surface area (Å²) in [6.07, 6.45) is 2.70. The number of carboxylic acid groups (broad SMARTS) is 1. The van der Waals surface area contributed by atoms with E-state index in [4.69, 9.17) is 5.11 Å². The van der Waals surface area contributed by atoms with Gasteiger partial charge in [-0.2, -0.15) is 0 Å². The zero-order valence-electron chi connectivity index (χ0n) is 7.21. The minimum Gasteiger partial charge on any atom is -0.478 e. The smallest absolute Gasteiger partial charge is 0.328 e. The van der Waals surface area contributed by atoms with E-state index >= 15 is 0 Å². The second-order valence-corrected chi connectivity index (χ2v) is 4.07. The minimum atomic E-state index is -0.937. The van der Waals surface area contributed by atoms with E-state index in [1.165, 1.54) is 0 Å². The predicted octanol–water partition coefficient (Wildman–Crippen LogP) is 3.44. The summed E-state index contributed by atoms with van der Waals surface area (Å²) in [4.78, 5) is 10.3. The molecule has 2 nitrogen and oxygen atoms in total. The molecule has 1 aromatic rings. The SMILES string of the molecule is O=C(O)/C=C/c1ccc(Br)c(CBr)c1. The van der Waals surface area contributed by atoms with E-state index in [2.05, 4.69) is 31.9 Å². The largest absolute Gasteiger partial charge is 0.478 e. The van der Waals surface area contributed by atoms with E-state index in [9.17, 15) is 4.79 Å². The van der Waals surface area contributed by atoms with Gasteiger partial charge in [-0.15, -0.1) is 0 Å². The lowest BCUT2D eigenvalue weighted by atomic mass is 10.1. The average molecular weight is 320 g/mol. The monoisotopic (exact) mass is 318 g/mol. The standard InChI is InChI=1S/C10H8Br2O2/c11-6-8-5-7(1-3-9(8)12)2-4-10(13)14/h1-5H,6H2,(H,13,14)/b4-2+. The Kier molecular flexibility index (Phi) is 4.35. The predicted molar refractivity (Wildman–Crippen MR) is 63.4 cm³/mol. The molecule has 1 rings (SSSR count). The van der Waals surface area contributed by atoms with Crippen LogP contribution in [0.15, 0.2) is 28.7 Å². The number of carboxylic acids is 1. The second-order valence-electron chi connectivity index (χ2n) is 2.66. The Balaban J connectivity index is 2.95. The fraction of sp³-hybridized carbons (Fsp3) is 0.100. The van der Waals surface area contributed by atoms with Gasteiger partial charge in [-0.3, -0.25) is 0 Å². The zero-order chi connectivity index (χ0) is 10.6. The van der Waals surface area contributed by atoms with Crippen LogP contribution in [0.2, 0.25) is 0 Å². The minimum absolute atomic E-state index is 0.738. The molecule has 0 aliphatic rings. The number of hydrogen-bond donors (Lipinski definition) is 1. The van der Waals surface area contributed by atoms with Gasteiger partial charge in [-0.1, -0.05) is 37.9 Å². The maximum absolute atomic E-state index is 10.3. The molecule has 4 heteroatoms. The molecule has 0 saturated heterocycles. The lowest BCUT2D eigenvalue weighted by molar-refractivity contribution is -0.131. The molecule has 1 N–H and O–H groups in total. The normalized spacial score (nSPS) is 10.7. The van der Waals surface area contributed by atoms with Crippen molar-refractivity contribution in [3.63, 3.8) is 0 Å². The molecule has 0 fully saturated rings. The molecule has 0 bridgehead atoms. The fourth-order valence-electron chi connectivity index (χ4n) is 0.968. The van der Waals surface area contributed by atoms with Crippen LogP contribution in [0.4, 0.5) is 0 Å². The summed E-state index contributed by atoms with van der Waals surface area (Å²) in [5.41, 5.74) is 1.97. The highest BCUT2D eigenvalue weighted by molar-refractivity contribution is 9.10. The van der Waals surface area contributed by atoms with E-state index in [1.807, 2.05) is 18.2 Å². The molecule has 74 valence electrons. The number of carbonyl (C=O) groups is 1. The van der Waals surface area contributed by atoms with Gasteiger partial charge in [0, 0.05) is 15.9 Å². The summed E-state index contributed by atoms with van der Waals surface area (Å²) < 4.78 is 1.02. The van der Waals surface area contributed by atoms with Gasteiger partial charge in [-0.25, -0.2) is 4.79 Å². The lowest BCUT2D eigenvalue weighted by Crippen LogP contribution is -1.87. The van der Waals surface area contributed by atoms with E-state index in [0.29, 0.717) is 0 Å². The van der Waals surface area contributed by atoms with E-state index in [1.54, 1.807) is 6.08 Å². The van der Waals surface area contributed by atoms with Gasteiger partial charge < -0.3 is 5.11 Å². The summed E-state index contributed by atoms with van der Waals surface area (Å²) in [5, 5.41) is 9.19. The first-order chi connectivity index (χ1) is 6.63. The molecule has 0 spiro atoms. The molecule has 0 aliphatic carbocycles. The Morgan fingerprint density at radius 3 is 2.79 bits per heavy atom. The number of halogens is 2. The van der Waals surface area contributed by atoms with Crippen molar-refractivity contribution >= 4 is 43.9 Å². The van der Waals surface area contributed by atoms with E-state index < -0.39 is 5.97 Å². The summed E-state index contributed by atoms with van der Waals surface area (Å²) in [5.74, 6) is -0.937. The number of hydrogen-bond acceptors (Lipinski definition) is 1. The van der Waals surface area contributed by atoms with Crippen molar-refractivity contribution in [2.75, 3.05) is 0 Å². The van der Waals surface area contributed by atoms with Crippen molar-refractivity contribution in [3.05, 3.63) is 39.9 Å². The maximum atomic E-state index is 10.3. The van der Waals surface area contributed by atoms with Crippen LogP contribution in [-0.4, -0.2) is 11.1 Å². The van der Waals surface area contributed by atoms with Crippen LogP contribution in [0.3, 0.4) is 0 Å². The van der Waals surface area contributed by atoms with Gasteiger partial charge >= 0.3 is 5.97 Å². The molecule has 0 heterocycles. The second kappa shape index (κ2) is 5.32. The van der Waals surface area contributed by atoms with Gasteiger partial charge in [0.15, 0.2) is 0 Å². The fourth-order valence-corrected chi connectivity index (χ4v) is 2.20. The van der Waals surface area contributed by atoms with Crippen molar-refractivity contribution in [3.8, 4) is 0 Å². The topological polar surface area (TPSA) is 37.3 Å². The van der Waals surface area contributed by atoms with Crippen molar-refractivity contribution < 1.29 is 9.90 Å². The number of benzene rings is 1. The van der Waals surface area contributed by atoms with Crippen LogP contribution in [0.5, 0.6) is 0 Å². The summed E-state index contributed by atoms with van der Waals surface area (Å²) in [6.45, 7) is 0. The Hall–Kier alpha value is -0.610. The molecule has 14 heavy (non-hydrogen) atoms. The van der Waals surface area contributed by atoms with Crippen LogP contribution in [-0.2, 0) is 10.1 Å². The molecule has 0 aromatic heterocycles. The third kappa shape index (κ3) is 3.27. The number of aliphatic carboxylic acids is 1. The zero-order valence-corrected chi connectivity index (χ0v) is 10.4. The number of rotatable bonds is 3. The first-order valence-corrected chi connectivity index (χ1v) is 5.80. The van der Waals surface area contributed by atoms with Crippen molar-refractivity contribution in [2.45, 2.75) is 5.33 Å². The third-order valence-electron chi connectivity index (χ3n) is 1.63. The van der Waals surface area contributed by atoms with Crippen molar-refractivity contribution in [2.24, 2.45) is 0 Å². The number of alkyl halides is 1. The van der Waals surface area contributed by atoms with E-state index in [-0.39, 0.29) is 0 Å². The summed E-state index contributed by atoms with van der Waals surface area (Å²) in [6, 6.07) is 5.69. The molecule has 0 saturated carbocycles. The van der Waals surface area contributed by atoms with Crippen molar-refractivity contribution in [1.82, 2.24) is 0 Å². The van der Waals surface area contributed by atoms with Crippen LogP contribution in [0.25, 0.3) is 6.08 Å². The molecule has 0 aliphatic heterocycles. The lowest BCUT2D eigenvalue weighted by Gasteiger charge is -2.01. The molecule has 0 amide bonds. The Bertz CT molecular complexity index is 372. The summed E-state index contributed by atoms with van der Waals surface area (Å²) in [7, 11) is 0. The van der Waals surface area contributed by atoms with Gasteiger partial charge in [0.25, 0.3) is 0 Å². The van der Waals surface area contributed by atoms with Crippen LogP contribution < -0.4 is 0 Å². The highest BCUT2D eigenvalue weighted by Gasteiger charge is 1.98. The van der Waals surface area contributed by atoms with E-state index in [0.717, 1.165) is 27.0 Å². The highest BCUT2D eigenvalue weighted by atomic mass is 79.9. The average Bonchev–Trinajstić information content (AvgIpc) is 2.16. The first kappa shape index (κ1) is 11.5. The molecule has 1 aromatic carbocycles. The molecular weight excluding hydrogens is 312 g/mol. The van der Waals surface area contributed by atoms with Crippen molar-refractivity contribution in [1.29, 1.82) is 0 Å². The molecule has 0 unspecified atom stereocenters. The Labute approximate surface area is 98.9 Å². The quantitative estimate of drug-likeness (QED) is 0.684. The summed E-state index contributed by atoms with van der Waals surface area (Å²) >= 11 is 6.75. The molecule has 0 atom stereocenters. The Morgan fingerprint density at radius 1 is 1.50 bits per heavy atom. The van der Waals surface area contributed by atoms with Crippen LogP contribution >= 0.6 is 31.9 Å². The van der Waals surface area contributed by atoms with Gasteiger partial charge in [0.2, 0.25) is 0 Å². The van der Waals surface area contributed by atoms with Crippen LogP contribution in [0.1, 0.15) is 11.1 Å². The first-order valence-electron chi connectivity index (χ1n) is 3.89. The van der Waals surface area contributed by atoms with Gasteiger partial charge in [0.05, 0.1) is 0 Å².